The molecule has 2 atom stereocenters. The first-order valence-corrected chi connectivity index (χ1v) is 7.63. The van der Waals surface area contributed by atoms with Gasteiger partial charge in [0.05, 0.1) is 18.7 Å². The Morgan fingerprint density at radius 3 is 2.77 bits per heavy atom. The highest BCUT2D eigenvalue weighted by molar-refractivity contribution is 5.94. The Labute approximate surface area is 130 Å². The van der Waals surface area contributed by atoms with Crippen molar-refractivity contribution in [3.05, 3.63) is 24.3 Å². The predicted molar refractivity (Wildman–Crippen MR) is 84.3 cm³/mol. The van der Waals surface area contributed by atoms with Crippen molar-refractivity contribution in [3.8, 4) is 5.75 Å². The lowest BCUT2D eigenvalue weighted by Gasteiger charge is -2.26. The third-order valence-electron chi connectivity index (χ3n) is 3.84. The second-order valence-corrected chi connectivity index (χ2v) is 5.67. The summed E-state index contributed by atoms with van der Waals surface area (Å²) in [6.07, 6.45) is 3.69. The van der Waals surface area contributed by atoms with E-state index in [-0.39, 0.29) is 30.9 Å². The Balaban J connectivity index is 1.96. The van der Waals surface area contributed by atoms with E-state index in [1.54, 1.807) is 12.1 Å². The number of amides is 2. The summed E-state index contributed by atoms with van der Waals surface area (Å²) < 4.78 is 5.52. The molecule has 5 N–H and O–H groups in total. The second-order valence-electron chi connectivity index (χ2n) is 5.67. The lowest BCUT2D eigenvalue weighted by Crippen LogP contribution is -2.34. The molecule has 6 nitrogen and oxygen atoms in total. The summed E-state index contributed by atoms with van der Waals surface area (Å²) in [6.45, 7) is 0.191. The van der Waals surface area contributed by atoms with Crippen LogP contribution in [0.2, 0.25) is 0 Å². The highest BCUT2D eigenvalue weighted by Gasteiger charge is 2.25. The topological polar surface area (TPSA) is 107 Å². The molecule has 0 aromatic heterocycles. The number of ether oxygens (including phenoxy) is 1. The minimum Gasteiger partial charge on any atom is -0.491 e. The molecule has 2 amide bonds. The van der Waals surface area contributed by atoms with E-state index in [2.05, 4.69) is 5.32 Å². The molecule has 0 aliphatic heterocycles. The molecule has 120 valence electrons. The average molecular weight is 305 g/mol. The van der Waals surface area contributed by atoms with Gasteiger partial charge in [0.1, 0.15) is 5.75 Å². The second kappa shape index (κ2) is 7.79. The SMILES string of the molecule is NC(=O)CCOc1ccccc1NC(=O)C1CCCC(N)C1. The highest BCUT2D eigenvalue weighted by Crippen LogP contribution is 2.28. The molecule has 6 heteroatoms. The van der Waals surface area contributed by atoms with Crippen molar-refractivity contribution in [3.63, 3.8) is 0 Å². The summed E-state index contributed by atoms with van der Waals surface area (Å²) >= 11 is 0. The van der Waals surface area contributed by atoms with Gasteiger partial charge < -0.3 is 21.5 Å². The van der Waals surface area contributed by atoms with Crippen LogP contribution in [-0.4, -0.2) is 24.5 Å². The van der Waals surface area contributed by atoms with E-state index in [1.807, 2.05) is 12.1 Å². The van der Waals surface area contributed by atoms with Crippen LogP contribution < -0.4 is 21.5 Å². The fourth-order valence-corrected chi connectivity index (χ4v) is 2.66. The third-order valence-corrected chi connectivity index (χ3v) is 3.84. The zero-order valence-corrected chi connectivity index (χ0v) is 12.6. The normalized spacial score (nSPS) is 21.1. The van der Waals surface area contributed by atoms with Crippen LogP contribution >= 0.6 is 0 Å². The molecule has 0 spiro atoms. The standard InChI is InChI=1S/C16H23N3O3/c17-12-5-3-4-11(10-12)16(21)19-13-6-1-2-7-14(13)22-9-8-15(18)20/h1-2,6-7,11-12H,3-5,8-10,17H2,(H2,18,20)(H,19,21). The van der Waals surface area contributed by atoms with Crippen LogP contribution in [0.1, 0.15) is 32.1 Å². The number of hydrogen-bond acceptors (Lipinski definition) is 4. The van der Waals surface area contributed by atoms with Crippen molar-refractivity contribution >= 4 is 17.5 Å². The van der Waals surface area contributed by atoms with Crippen LogP contribution in [-0.2, 0) is 9.59 Å². The van der Waals surface area contributed by atoms with Gasteiger partial charge in [0.25, 0.3) is 0 Å². The molecule has 22 heavy (non-hydrogen) atoms. The van der Waals surface area contributed by atoms with Gasteiger partial charge >= 0.3 is 0 Å². The number of nitrogens with one attached hydrogen (secondary N) is 1. The fourth-order valence-electron chi connectivity index (χ4n) is 2.66. The molecule has 2 rings (SSSR count). The molecule has 1 aliphatic carbocycles. The zero-order valence-electron chi connectivity index (χ0n) is 12.6. The smallest absolute Gasteiger partial charge is 0.227 e. The van der Waals surface area contributed by atoms with Crippen LogP contribution in [0, 0.1) is 5.92 Å². The van der Waals surface area contributed by atoms with E-state index < -0.39 is 5.91 Å². The summed E-state index contributed by atoms with van der Waals surface area (Å²) in [6, 6.07) is 7.27. The van der Waals surface area contributed by atoms with Crippen molar-refractivity contribution in [2.75, 3.05) is 11.9 Å². The number of para-hydroxylation sites is 2. The Morgan fingerprint density at radius 1 is 1.27 bits per heavy atom. The van der Waals surface area contributed by atoms with Gasteiger partial charge in [-0.25, -0.2) is 0 Å². The van der Waals surface area contributed by atoms with Gasteiger partial charge in [0, 0.05) is 12.0 Å². The first-order chi connectivity index (χ1) is 10.6. The number of anilines is 1. The van der Waals surface area contributed by atoms with Crippen LogP contribution in [0.4, 0.5) is 5.69 Å². The monoisotopic (exact) mass is 305 g/mol. The molecule has 1 saturated carbocycles. The zero-order chi connectivity index (χ0) is 15.9. The maximum atomic E-state index is 12.4. The van der Waals surface area contributed by atoms with Crippen LogP contribution in [0.3, 0.4) is 0 Å². The molecule has 1 aromatic carbocycles. The van der Waals surface area contributed by atoms with Crippen molar-refractivity contribution in [1.82, 2.24) is 0 Å². The third kappa shape index (κ3) is 4.73. The molecule has 0 saturated heterocycles. The molecule has 1 aromatic rings. The lowest BCUT2D eigenvalue weighted by atomic mass is 9.85. The van der Waals surface area contributed by atoms with Gasteiger partial charge in [-0.2, -0.15) is 0 Å². The Kier molecular flexibility index (Phi) is 5.77. The number of carbonyl (C=O) groups excluding carboxylic acids is 2. The average Bonchev–Trinajstić information content (AvgIpc) is 2.48. The molecule has 0 bridgehead atoms. The van der Waals surface area contributed by atoms with E-state index in [0.29, 0.717) is 11.4 Å². The van der Waals surface area contributed by atoms with E-state index in [4.69, 9.17) is 16.2 Å². The molecule has 2 unspecified atom stereocenters. The summed E-state index contributed by atoms with van der Waals surface area (Å²) in [5.41, 5.74) is 11.6. The molecule has 1 fully saturated rings. The molecular formula is C16H23N3O3. The largest absolute Gasteiger partial charge is 0.491 e. The summed E-state index contributed by atoms with van der Waals surface area (Å²) in [5, 5.41) is 2.90. The quantitative estimate of drug-likeness (QED) is 0.738. The Hall–Kier alpha value is -2.08. The molecule has 1 aliphatic rings. The maximum absolute atomic E-state index is 12.4. The van der Waals surface area contributed by atoms with Gasteiger partial charge in [-0.1, -0.05) is 18.6 Å². The first kappa shape index (κ1) is 16.3. The Bertz CT molecular complexity index is 533. The molecular weight excluding hydrogens is 282 g/mol. The highest BCUT2D eigenvalue weighted by atomic mass is 16.5. The van der Waals surface area contributed by atoms with E-state index in [9.17, 15) is 9.59 Å². The van der Waals surface area contributed by atoms with Crippen LogP contribution in [0.15, 0.2) is 24.3 Å². The number of primary amides is 1. The molecule has 0 radical (unpaired) electrons. The summed E-state index contributed by atoms with van der Waals surface area (Å²) in [7, 11) is 0. The lowest BCUT2D eigenvalue weighted by molar-refractivity contribution is -0.121. The van der Waals surface area contributed by atoms with E-state index in [1.165, 1.54) is 0 Å². The number of rotatable bonds is 6. The number of nitrogens with two attached hydrogens (primary N) is 2. The van der Waals surface area contributed by atoms with Crippen molar-refractivity contribution in [2.45, 2.75) is 38.1 Å². The Morgan fingerprint density at radius 2 is 2.05 bits per heavy atom. The van der Waals surface area contributed by atoms with Crippen LogP contribution in [0.5, 0.6) is 5.75 Å². The number of benzene rings is 1. The van der Waals surface area contributed by atoms with Gasteiger partial charge in [0.2, 0.25) is 11.8 Å². The summed E-state index contributed by atoms with van der Waals surface area (Å²) in [5.74, 6) is 0.0402. The minimum absolute atomic E-state index is 0.0268. The van der Waals surface area contributed by atoms with Crippen molar-refractivity contribution < 1.29 is 14.3 Å². The van der Waals surface area contributed by atoms with Crippen molar-refractivity contribution in [2.24, 2.45) is 17.4 Å². The van der Waals surface area contributed by atoms with Crippen LogP contribution in [0.25, 0.3) is 0 Å². The number of carbonyl (C=O) groups is 2. The minimum atomic E-state index is -0.419. The summed E-state index contributed by atoms with van der Waals surface area (Å²) in [4.78, 5) is 23.1. The van der Waals surface area contributed by atoms with Gasteiger partial charge in [-0.05, 0) is 31.4 Å². The van der Waals surface area contributed by atoms with Crippen molar-refractivity contribution in [1.29, 1.82) is 0 Å². The first-order valence-electron chi connectivity index (χ1n) is 7.63. The fraction of sp³-hybridized carbons (Fsp3) is 0.500. The maximum Gasteiger partial charge on any atom is 0.227 e. The van der Waals surface area contributed by atoms with Gasteiger partial charge in [-0.3, -0.25) is 9.59 Å². The predicted octanol–water partition coefficient (Wildman–Crippen LogP) is 1.40. The van der Waals surface area contributed by atoms with Gasteiger partial charge in [0.15, 0.2) is 0 Å². The van der Waals surface area contributed by atoms with E-state index >= 15 is 0 Å². The van der Waals surface area contributed by atoms with Gasteiger partial charge in [-0.15, -0.1) is 0 Å². The van der Waals surface area contributed by atoms with E-state index in [0.717, 1.165) is 25.7 Å². The number of hydrogen-bond donors (Lipinski definition) is 3. The molecule has 0 heterocycles.